The van der Waals surface area contributed by atoms with Crippen molar-refractivity contribution in [2.75, 3.05) is 26.2 Å². The predicted molar refractivity (Wildman–Crippen MR) is 130 cm³/mol. The van der Waals surface area contributed by atoms with E-state index in [0.717, 1.165) is 63.1 Å². The van der Waals surface area contributed by atoms with E-state index in [-0.39, 0.29) is 23.5 Å². The van der Waals surface area contributed by atoms with E-state index >= 15 is 0 Å². The van der Waals surface area contributed by atoms with Gasteiger partial charge in [-0.15, -0.1) is 0 Å². The lowest BCUT2D eigenvalue weighted by Crippen LogP contribution is -2.56. The van der Waals surface area contributed by atoms with Crippen molar-refractivity contribution >= 4 is 5.91 Å². The SMILES string of the molecule is CCN(C(=O)C(c1ccccc1)c1ccccc1)[C@@H]1CCOC2(CCN(C(C)C)CC2)C1. The molecule has 2 saturated heterocycles. The van der Waals surface area contributed by atoms with Gasteiger partial charge < -0.3 is 14.5 Å². The van der Waals surface area contributed by atoms with E-state index in [1.807, 2.05) is 36.4 Å². The molecule has 2 heterocycles. The highest BCUT2D eigenvalue weighted by Crippen LogP contribution is 2.38. The monoisotopic (exact) mass is 434 g/mol. The quantitative estimate of drug-likeness (QED) is 0.635. The van der Waals surface area contributed by atoms with Crippen molar-refractivity contribution in [3.63, 3.8) is 0 Å². The Morgan fingerprint density at radius 3 is 2.09 bits per heavy atom. The lowest BCUT2D eigenvalue weighted by Gasteiger charge is -2.49. The van der Waals surface area contributed by atoms with Gasteiger partial charge in [0.05, 0.1) is 11.5 Å². The molecule has 172 valence electrons. The van der Waals surface area contributed by atoms with Gasteiger partial charge in [-0.25, -0.2) is 0 Å². The van der Waals surface area contributed by atoms with E-state index in [0.29, 0.717) is 6.04 Å². The first kappa shape index (κ1) is 23.0. The Hall–Kier alpha value is -2.17. The van der Waals surface area contributed by atoms with Crippen molar-refractivity contribution in [2.45, 2.75) is 70.1 Å². The molecular weight excluding hydrogens is 396 g/mol. The number of likely N-dealkylation sites (tertiary alicyclic amines) is 1. The minimum atomic E-state index is -0.265. The second-order valence-electron chi connectivity index (χ2n) is 9.69. The lowest BCUT2D eigenvalue weighted by molar-refractivity contribution is -0.151. The van der Waals surface area contributed by atoms with Gasteiger partial charge in [0.15, 0.2) is 0 Å². The second kappa shape index (κ2) is 10.2. The van der Waals surface area contributed by atoms with Crippen LogP contribution in [0.5, 0.6) is 0 Å². The number of carbonyl (C=O) groups excluding carboxylic acids is 1. The number of carbonyl (C=O) groups is 1. The number of hydrogen-bond donors (Lipinski definition) is 0. The third-order valence-electron chi connectivity index (χ3n) is 7.48. The number of hydrogen-bond acceptors (Lipinski definition) is 3. The second-order valence-corrected chi connectivity index (χ2v) is 9.69. The number of likely N-dealkylation sites (N-methyl/N-ethyl adjacent to an activating group) is 1. The normalized spacial score (nSPS) is 21.2. The zero-order valence-electron chi connectivity index (χ0n) is 19.9. The molecule has 1 amide bonds. The zero-order chi connectivity index (χ0) is 22.6. The molecule has 0 aromatic heterocycles. The van der Waals surface area contributed by atoms with Gasteiger partial charge in [0, 0.05) is 38.3 Å². The third-order valence-corrected chi connectivity index (χ3v) is 7.48. The van der Waals surface area contributed by atoms with Gasteiger partial charge in [0.2, 0.25) is 5.91 Å². The van der Waals surface area contributed by atoms with Gasteiger partial charge in [-0.3, -0.25) is 4.79 Å². The molecule has 0 unspecified atom stereocenters. The highest BCUT2D eigenvalue weighted by Gasteiger charge is 2.43. The van der Waals surface area contributed by atoms with Crippen LogP contribution in [-0.4, -0.2) is 59.6 Å². The van der Waals surface area contributed by atoms with E-state index in [2.05, 4.69) is 54.8 Å². The van der Waals surface area contributed by atoms with Gasteiger partial charge in [-0.2, -0.15) is 0 Å². The standard InChI is InChI=1S/C28H38N2O2/c1-4-30(25-15-20-32-28(21-25)16-18-29(19-17-28)22(2)3)27(31)26(23-11-7-5-8-12-23)24-13-9-6-10-14-24/h5-14,22,25-26H,4,15-21H2,1-3H3/t25-/m1/s1. The Morgan fingerprint density at radius 1 is 1.03 bits per heavy atom. The summed E-state index contributed by atoms with van der Waals surface area (Å²) in [5, 5.41) is 0. The first-order chi connectivity index (χ1) is 15.5. The van der Waals surface area contributed by atoms with Gasteiger partial charge in [0.1, 0.15) is 0 Å². The van der Waals surface area contributed by atoms with Crippen molar-refractivity contribution in [1.29, 1.82) is 0 Å². The van der Waals surface area contributed by atoms with Crippen molar-refractivity contribution in [3.05, 3.63) is 71.8 Å². The number of nitrogens with zero attached hydrogens (tertiary/aromatic N) is 2. The van der Waals surface area contributed by atoms with Crippen LogP contribution >= 0.6 is 0 Å². The molecule has 0 bridgehead atoms. The Labute approximate surface area is 193 Å². The number of benzene rings is 2. The van der Waals surface area contributed by atoms with Crippen LogP contribution in [0, 0.1) is 0 Å². The molecule has 2 fully saturated rings. The summed E-state index contributed by atoms with van der Waals surface area (Å²) >= 11 is 0. The molecule has 1 spiro atoms. The summed E-state index contributed by atoms with van der Waals surface area (Å²) in [6.45, 7) is 10.3. The summed E-state index contributed by atoms with van der Waals surface area (Å²) in [4.78, 5) is 18.8. The summed E-state index contributed by atoms with van der Waals surface area (Å²) in [7, 11) is 0. The van der Waals surface area contributed by atoms with Gasteiger partial charge >= 0.3 is 0 Å². The number of piperidine rings is 1. The van der Waals surface area contributed by atoms with E-state index in [4.69, 9.17) is 4.74 Å². The number of rotatable bonds is 6. The average molecular weight is 435 g/mol. The molecule has 2 aromatic rings. The molecule has 0 N–H and O–H groups in total. The molecule has 2 aliphatic heterocycles. The maximum absolute atomic E-state index is 14.1. The van der Waals surface area contributed by atoms with Crippen molar-refractivity contribution in [2.24, 2.45) is 0 Å². The highest BCUT2D eigenvalue weighted by molar-refractivity contribution is 5.87. The van der Waals surface area contributed by atoms with Crippen molar-refractivity contribution in [1.82, 2.24) is 9.80 Å². The van der Waals surface area contributed by atoms with Gasteiger partial charge in [-0.05, 0) is 57.6 Å². The largest absolute Gasteiger partial charge is 0.375 e. The van der Waals surface area contributed by atoms with Crippen LogP contribution in [0.1, 0.15) is 63.5 Å². The maximum atomic E-state index is 14.1. The topological polar surface area (TPSA) is 32.8 Å². The number of amides is 1. The first-order valence-electron chi connectivity index (χ1n) is 12.3. The summed E-state index contributed by atoms with van der Waals surface area (Å²) < 4.78 is 6.40. The summed E-state index contributed by atoms with van der Waals surface area (Å²) in [6.07, 6.45) is 4.00. The average Bonchev–Trinajstić information content (AvgIpc) is 2.82. The van der Waals surface area contributed by atoms with Crippen molar-refractivity contribution < 1.29 is 9.53 Å². The Balaban J connectivity index is 1.56. The maximum Gasteiger partial charge on any atom is 0.234 e. The fourth-order valence-electron chi connectivity index (χ4n) is 5.59. The molecule has 4 heteroatoms. The summed E-state index contributed by atoms with van der Waals surface area (Å²) in [6, 6.07) is 21.3. The van der Waals surface area contributed by atoms with Gasteiger partial charge in [0.25, 0.3) is 0 Å². The molecule has 0 aliphatic carbocycles. The van der Waals surface area contributed by atoms with Gasteiger partial charge in [-0.1, -0.05) is 60.7 Å². The van der Waals surface area contributed by atoms with E-state index in [1.165, 1.54) is 0 Å². The highest BCUT2D eigenvalue weighted by atomic mass is 16.5. The molecule has 0 radical (unpaired) electrons. The van der Waals surface area contributed by atoms with E-state index < -0.39 is 0 Å². The number of ether oxygens (including phenoxy) is 1. The van der Waals surface area contributed by atoms with Crippen LogP contribution in [0.2, 0.25) is 0 Å². The fourth-order valence-corrected chi connectivity index (χ4v) is 5.59. The minimum Gasteiger partial charge on any atom is -0.375 e. The van der Waals surface area contributed by atoms with Crippen LogP contribution in [0.4, 0.5) is 0 Å². The van der Waals surface area contributed by atoms with E-state index in [1.54, 1.807) is 0 Å². The molecule has 2 aromatic carbocycles. The molecule has 0 saturated carbocycles. The van der Waals surface area contributed by atoms with Crippen LogP contribution in [0.25, 0.3) is 0 Å². The molecular formula is C28H38N2O2. The Bertz CT molecular complexity index is 820. The van der Waals surface area contributed by atoms with E-state index in [9.17, 15) is 4.79 Å². The molecule has 32 heavy (non-hydrogen) atoms. The minimum absolute atomic E-state index is 0.0724. The third kappa shape index (κ3) is 4.92. The lowest BCUT2D eigenvalue weighted by atomic mass is 9.81. The Kier molecular flexibility index (Phi) is 7.32. The molecule has 2 aliphatic rings. The molecule has 1 atom stereocenters. The Morgan fingerprint density at radius 2 is 1.59 bits per heavy atom. The smallest absolute Gasteiger partial charge is 0.234 e. The van der Waals surface area contributed by atoms with Crippen LogP contribution in [0.3, 0.4) is 0 Å². The van der Waals surface area contributed by atoms with Crippen LogP contribution < -0.4 is 0 Å². The summed E-state index contributed by atoms with van der Waals surface area (Å²) in [5.41, 5.74) is 2.06. The zero-order valence-corrected chi connectivity index (χ0v) is 19.9. The van der Waals surface area contributed by atoms with Crippen LogP contribution in [0.15, 0.2) is 60.7 Å². The summed E-state index contributed by atoms with van der Waals surface area (Å²) in [5.74, 6) is -0.0505. The first-order valence-corrected chi connectivity index (χ1v) is 12.3. The molecule has 4 nitrogen and oxygen atoms in total. The van der Waals surface area contributed by atoms with Crippen molar-refractivity contribution in [3.8, 4) is 0 Å². The molecule has 4 rings (SSSR count). The van der Waals surface area contributed by atoms with Crippen LogP contribution in [-0.2, 0) is 9.53 Å². The fraction of sp³-hybridized carbons (Fsp3) is 0.536. The predicted octanol–water partition coefficient (Wildman–Crippen LogP) is 5.09.